The van der Waals surface area contributed by atoms with Gasteiger partial charge in [-0.2, -0.15) is 0 Å². The maximum atomic E-state index is 12.2. The Labute approximate surface area is 141 Å². The van der Waals surface area contributed by atoms with Crippen molar-refractivity contribution in [3.05, 3.63) is 45.9 Å². The third-order valence-corrected chi connectivity index (χ3v) is 4.22. The van der Waals surface area contributed by atoms with Gasteiger partial charge in [0.1, 0.15) is 17.4 Å². The molecule has 124 valence electrons. The van der Waals surface area contributed by atoms with Crippen LogP contribution in [0.1, 0.15) is 23.1 Å². The Kier molecular flexibility index (Phi) is 5.98. The number of benzene rings is 1. The largest absolute Gasteiger partial charge is 0.491 e. The molecular formula is C17H23N3O2S. The van der Waals surface area contributed by atoms with E-state index in [2.05, 4.69) is 10.3 Å². The predicted octanol–water partition coefficient (Wildman–Crippen LogP) is 3.37. The minimum absolute atomic E-state index is 0.0831. The fraction of sp³-hybridized carbons (Fsp3) is 0.412. The van der Waals surface area contributed by atoms with Crippen LogP contribution in [0.15, 0.2) is 29.8 Å². The number of urea groups is 1. The van der Waals surface area contributed by atoms with Gasteiger partial charge in [-0.1, -0.05) is 18.2 Å². The molecule has 1 heterocycles. The van der Waals surface area contributed by atoms with Crippen LogP contribution in [0.5, 0.6) is 5.75 Å². The summed E-state index contributed by atoms with van der Waals surface area (Å²) in [6, 6.07) is 5.84. The Hall–Kier alpha value is -2.08. The van der Waals surface area contributed by atoms with Gasteiger partial charge >= 0.3 is 6.03 Å². The summed E-state index contributed by atoms with van der Waals surface area (Å²) >= 11 is 1.54. The number of amides is 2. The first-order valence-corrected chi connectivity index (χ1v) is 8.44. The lowest BCUT2D eigenvalue weighted by Gasteiger charge is -2.21. The number of aryl methyl sites for hydroxylation is 2. The molecule has 2 rings (SSSR count). The molecule has 1 atom stereocenters. The number of para-hydroxylation sites is 1. The minimum atomic E-state index is -0.127. The van der Waals surface area contributed by atoms with Crippen LogP contribution in [0.25, 0.3) is 0 Å². The van der Waals surface area contributed by atoms with E-state index in [1.165, 1.54) is 0 Å². The van der Waals surface area contributed by atoms with Crippen LogP contribution in [-0.4, -0.2) is 35.6 Å². The van der Waals surface area contributed by atoms with Crippen LogP contribution in [0, 0.1) is 13.8 Å². The molecular weight excluding hydrogens is 310 g/mol. The highest BCUT2D eigenvalue weighted by Crippen LogP contribution is 2.22. The van der Waals surface area contributed by atoms with E-state index in [1.807, 2.05) is 44.4 Å². The van der Waals surface area contributed by atoms with Crippen molar-refractivity contribution in [1.29, 1.82) is 0 Å². The van der Waals surface area contributed by atoms with E-state index >= 15 is 0 Å². The summed E-state index contributed by atoms with van der Waals surface area (Å²) in [7, 11) is 1.76. The zero-order valence-corrected chi connectivity index (χ0v) is 14.8. The van der Waals surface area contributed by atoms with E-state index in [9.17, 15) is 4.79 Å². The van der Waals surface area contributed by atoms with Crippen molar-refractivity contribution in [2.75, 3.05) is 13.7 Å². The minimum Gasteiger partial charge on any atom is -0.491 e. The van der Waals surface area contributed by atoms with Gasteiger partial charge in [0.05, 0.1) is 12.6 Å². The van der Waals surface area contributed by atoms with Crippen molar-refractivity contribution in [2.24, 2.45) is 0 Å². The van der Waals surface area contributed by atoms with E-state index in [0.717, 1.165) is 21.9 Å². The van der Waals surface area contributed by atoms with Gasteiger partial charge in [0.15, 0.2) is 0 Å². The molecule has 0 aliphatic carbocycles. The number of nitrogens with one attached hydrogen (secondary N) is 1. The van der Waals surface area contributed by atoms with Gasteiger partial charge in [-0.3, -0.25) is 0 Å². The Balaban J connectivity index is 1.82. The first kappa shape index (κ1) is 17.3. The lowest BCUT2D eigenvalue weighted by molar-refractivity contribution is 0.195. The molecule has 6 heteroatoms. The predicted molar refractivity (Wildman–Crippen MR) is 93.0 cm³/mol. The second kappa shape index (κ2) is 7.97. The van der Waals surface area contributed by atoms with Crippen molar-refractivity contribution in [3.63, 3.8) is 0 Å². The van der Waals surface area contributed by atoms with Crippen LogP contribution in [-0.2, 0) is 6.54 Å². The van der Waals surface area contributed by atoms with Crippen LogP contribution in [0.3, 0.4) is 0 Å². The second-order valence-electron chi connectivity index (χ2n) is 5.66. The Bertz CT molecular complexity index is 623. The first-order valence-electron chi connectivity index (χ1n) is 7.56. The number of aromatic nitrogens is 1. The molecule has 0 saturated heterocycles. The molecule has 23 heavy (non-hydrogen) atoms. The summed E-state index contributed by atoms with van der Waals surface area (Å²) in [5, 5.41) is 5.76. The third kappa shape index (κ3) is 4.96. The molecule has 2 amide bonds. The van der Waals surface area contributed by atoms with Crippen molar-refractivity contribution in [2.45, 2.75) is 33.4 Å². The number of thiazole rings is 1. The smallest absolute Gasteiger partial charge is 0.317 e. The van der Waals surface area contributed by atoms with Gasteiger partial charge < -0.3 is 15.0 Å². The van der Waals surface area contributed by atoms with E-state index in [0.29, 0.717) is 13.2 Å². The number of ether oxygens (including phenoxy) is 1. The van der Waals surface area contributed by atoms with Crippen LogP contribution >= 0.6 is 11.3 Å². The van der Waals surface area contributed by atoms with Gasteiger partial charge in [0.2, 0.25) is 0 Å². The van der Waals surface area contributed by atoms with Gasteiger partial charge in [-0.15, -0.1) is 11.3 Å². The SMILES string of the molecule is Cc1cccc(C)c1OC[C@H](C)NC(=O)N(C)Cc1nccs1. The molecule has 0 aliphatic heterocycles. The van der Waals surface area contributed by atoms with E-state index < -0.39 is 0 Å². The van der Waals surface area contributed by atoms with Crippen molar-refractivity contribution < 1.29 is 9.53 Å². The van der Waals surface area contributed by atoms with Crippen LogP contribution in [0.2, 0.25) is 0 Å². The first-order chi connectivity index (χ1) is 11.0. The Morgan fingerprint density at radius 1 is 1.39 bits per heavy atom. The summed E-state index contributed by atoms with van der Waals surface area (Å²) in [6.45, 7) is 6.92. The topological polar surface area (TPSA) is 54.5 Å². The molecule has 0 saturated carbocycles. The van der Waals surface area contributed by atoms with E-state index in [1.54, 1.807) is 29.5 Å². The van der Waals surface area contributed by atoms with E-state index in [-0.39, 0.29) is 12.1 Å². The maximum Gasteiger partial charge on any atom is 0.317 e. The summed E-state index contributed by atoms with van der Waals surface area (Å²) in [6.07, 6.45) is 1.74. The van der Waals surface area contributed by atoms with Gasteiger partial charge in [0, 0.05) is 18.6 Å². The Morgan fingerprint density at radius 2 is 2.09 bits per heavy atom. The van der Waals surface area contributed by atoms with Crippen molar-refractivity contribution in [1.82, 2.24) is 15.2 Å². The molecule has 2 aromatic rings. The molecule has 1 N–H and O–H groups in total. The molecule has 1 aromatic heterocycles. The second-order valence-corrected chi connectivity index (χ2v) is 6.64. The zero-order chi connectivity index (χ0) is 16.8. The van der Waals surface area contributed by atoms with Crippen LogP contribution < -0.4 is 10.1 Å². The number of carbonyl (C=O) groups is 1. The summed E-state index contributed by atoms with van der Waals surface area (Å²) in [4.78, 5) is 18.0. The molecule has 0 aliphatic rings. The molecule has 1 aromatic carbocycles. The fourth-order valence-electron chi connectivity index (χ4n) is 2.20. The number of nitrogens with zero attached hydrogens (tertiary/aromatic N) is 2. The molecule has 0 unspecified atom stereocenters. The normalized spacial score (nSPS) is 11.8. The standard InChI is InChI=1S/C17H23N3O2S/c1-12-6-5-7-13(2)16(12)22-11-14(3)19-17(21)20(4)10-15-18-8-9-23-15/h5-9,14H,10-11H2,1-4H3,(H,19,21)/t14-/m0/s1. The molecule has 0 bridgehead atoms. The summed E-state index contributed by atoms with van der Waals surface area (Å²) < 4.78 is 5.87. The van der Waals surface area contributed by atoms with Gasteiger partial charge in [-0.05, 0) is 31.9 Å². The highest BCUT2D eigenvalue weighted by atomic mass is 32.1. The molecule has 0 spiro atoms. The number of hydrogen-bond donors (Lipinski definition) is 1. The quantitative estimate of drug-likeness (QED) is 0.882. The summed E-state index contributed by atoms with van der Waals surface area (Å²) in [5.41, 5.74) is 2.20. The average Bonchev–Trinajstić information content (AvgIpc) is 2.99. The fourth-order valence-corrected chi connectivity index (χ4v) is 2.87. The molecule has 5 nitrogen and oxygen atoms in total. The van der Waals surface area contributed by atoms with Crippen LogP contribution in [0.4, 0.5) is 4.79 Å². The Morgan fingerprint density at radius 3 is 2.70 bits per heavy atom. The number of hydrogen-bond acceptors (Lipinski definition) is 4. The van der Waals surface area contributed by atoms with Gasteiger partial charge in [-0.25, -0.2) is 9.78 Å². The zero-order valence-electron chi connectivity index (χ0n) is 14.0. The lowest BCUT2D eigenvalue weighted by Crippen LogP contribution is -2.43. The van der Waals surface area contributed by atoms with Gasteiger partial charge in [0.25, 0.3) is 0 Å². The van der Waals surface area contributed by atoms with E-state index in [4.69, 9.17) is 4.74 Å². The molecule has 0 radical (unpaired) electrons. The lowest BCUT2D eigenvalue weighted by atomic mass is 10.1. The number of rotatable bonds is 6. The summed E-state index contributed by atoms with van der Waals surface area (Å²) in [5.74, 6) is 0.893. The monoisotopic (exact) mass is 333 g/mol. The van der Waals surface area contributed by atoms with Crippen molar-refractivity contribution in [3.8, 4) is 5.75 Å². The average molecular weight is 333 g/mol. The third-order valence-electron chi connectivity index (χ3n) is 3.46. The van der Waals surface area contributed by atoms with Crippen molar-refractivity contribution >= 4 is 17.4 Å². The highest BCUT2D eigenvalue weighted by molar-refractivity contribution is 7.09. The molecule has 0 fully saturated rings. The highest BCUT2D eigenvalue weighted by Gasteiger charge is 2.14. The number of carbonyl (C=O) groups excluding carboxylic acids is 1. The maximum absolute atomic E-state index is 12.2.